The van der Waals surface area contributed by atoms with Crippen LogP contribution < -0.4 is 16.2 Å². The Morgan fingerprint density at radius 2 is 1.95 bits per heavy atom. The number of rotatable bonds is 3. The van der Waals surface area contributed by atoms with E-state index in [2.05, 4.69) is 37.1 Å². The van der Waals surface area contributed by atoms with Gasteiger partial charge < -0.3 is 5.32 Å². The predicted octanol–water partition coefficient (Wildman–Crippen LogP) is 2.15. The molecule has 1 aromatic carbocycles. The SMILES string of the molecule is O=C(NNC(=S)NCc1ccccc1)c1cncc(Br)c1. The number of nitrogens with one attached hydrogen (secondary N) is 3. The van der Waals surface area contributed by atoms with E-state index < -0.39 is 0 Å². The van der Waals surface area contributed by atoms with E-state index in [0.717, 1.165) is 10.0 Å². The zero-order valence-electron chi connectivity index (χ0n) is 11.0. The molecule has 0 unspecified atom stereocenters. The Kier molecular flexibility index (Phi) is 5.65. The molecule has 2 rings (SSSR count). The summed E-state index contributed by atoms with van der Waals surface area (Å²) in [4.78, 5) is 15.8. The minimum atomic E-state index is -0.312. The van der Waals surface area contributed by atoms with Gasteiger partial charge >= 0.3 is 0 Å². The van der Waals surface area contributed by atoms with Gasteiger partial charge in [0.1, 0.15) is 0 Å². The van der Waals surface area contributed by atoms with E-state index in [0.29, 0.717) is 17.2 Å². The summed E-state index contributed by atoms with van der Waals surface area (Å²) in [6.45, 7) is 0.584. The van der Waals surface area contributed by atoms with Crippen LogP contribution in [-0.2, 0) is 6.54 Å². The maximum absolute atomic E-state index is 11.9. The molecule has 21 heavy (non-hydrogen) atoms. The first-order chi connectivity index (χ1) is 10.1. The molecule has 0 aliphatic heterocycles. The lowest BCUT2D eigenvalue weighted by Crippen LogP contribution is -2.46. The van der Waals surface area contributed by atoms with E-state index in [1.54, 1.807) is 12.3 Å². The van der Waals surface area contributed by atoms with Crippen molar-refractivity contribution in [2.24, 2.45) is 0 Å². The topological polar surface area (TPSA) is 66.1 Å². The van der Waals surface area contributed by atoms with Crippen LogP contribution in [0.4, 0.5) is 0 Å². The van der Waals surface area contributed by atoms with Crippen molar-refractivity contribution in [2.45, 2.75) is 6.54 Å². The van der Waals surface area contributed by atoms with Gasteiger partial charge in [-0.05, 0) is 39.8 Å². The normalized spacial score (nSPS) is 9.76. The quantitative estimate of drug-likeness (QED) is 0.575. The number of carbonyl (C=O) groups excluding carboxylic acids is 1. The lowest BCUT2D eigenvalue weighted by Gasteiger charge is -2.11. The molecule has 1 aromatic heterocycles. The highest BCUT2D eigenvalue weighted by molar-refractivity contribution is 9.10. The maximum Gasteiger partial charge on any atom is 0.271 e. The van der Waals surface area contributed by atoms with Gasteiger partial charge in [0.2, 0.25) is 0 Å². The number of hydrogen-bond donors (Lipinski definition) is 3. The summed E-state index contributed by atoms with van der Waals surface area (Å²) in [6, 6.07) is 11.5. The van der Waals surface area contributed by atoms with Gasteiger partial charge in [-0.25, -0.2) is 0 Å². The van der Waals surface area contributed by atoms with Crippen LogP contribution in [0.5, 0.6) is 0 Å². The zero-order valence-corrected chi connectivity index (χ0v) is 13.4. The van der Waals surface area contributed by atoms with Crippen molar-refractivity contribution in [1.29, 1.82) is 0 Å². The number of carbonyl (C=O) groups is 1. The fraction of sp³-hybridized carbons (Fsp3) is 0.0714. The van der Waals surface area contributed by atoms with Crippen molar-refractivity contribution in [3.63, 3.8) is 0 Å². The summed E-state index contributed by atoms with van der Waals surface area (Å²) in [6.07, 6.45) is 3.08. The molecule has 0 aliphatic carbocycles. The highest BCUT2D eigenvalue weighted by Gasteiger charge is 2.06. The second kappa shape index (κ2) is 7.70. The minimum Gasteiger partial charge on any atom is -0.357 e. The standard InChI is InChI=1S/C14H13BrN4OS/c15-12-6-11(8-16-9-12)13(20)18-19-14(21)17-7-10-4-2-1-3-5-10/h1-6,8-9H,7H2,(H,18,20)(H2,17,19,21). The number of pyridine rings is 1. The van der Waals surface area contributed by atoms with Crippen molar-refractivity contribution >= 4 is 39.2 Å². The predicted molar refractivity (Wildman–Crippen MR) is 88.4 cm³/mol. The number of hydrazine groups is 1. The van der Waals surface area contributed by atoms with Crippen LogP contribution in [0.25, 0.3) is 0 Å². The zero-order chi connectivity index (χ0) is 15.1. The fourth-order valence-corrected chi connectivity index (χ4v) is 2.03. The van der Waals surface area contributed by atoms with Crippen LogP contribution >= 0.6 is 28.1 Å². The third kappa shape index (κ3) is 5.13. The molecule has 0 fully saturated rings. The highest BCUT2D eigenvalue weighted by atomic mass is 79.9. The molecule has 0 saturated heterocycles. The molecule has 3 N–H and O–H groups in total. The largest absolute Gasteiger partial charge is 0.357 e. The van der Waals surface area contributed by atoms with Crippen molar-refractivity contribution in [3.05, 3.63) is 64.4 Å². The lowest BCUT2D eigenvalue weighted by molar-refractivity contribution is 0.0943. The van der Waals surface area contributed by atoms with Crippen LogP contribution in [0, 0.1) is 0 Å². The summed E-state index contributed by atoms with van der Waals surface area (Å²) in [5, 5.41) is 3.34. The number of benzene rings is 1. The van der Waals surface area contributed by atoms with Crippen LogP contribution in [0.15, 0.2) is 53.3 Å². The number of hydrogen-bond acceptors (Lipinski definition) is 3. The monoisotopic (exact) mass is 364 g/mol. The molecule has 0 radical (unpaired) electrons. The molecule has 1 amide bonds. The van der Waals surface area contributed by atoms with E-state index in [4.69, 9.17) is 12.2 Å². The Morgan fingerprint density at radius 3 is 2.67 bits per heavy atom. The molecule has 0 bridgehead atoms. The number of nitrogens with zero attached hydrogens (tertiary/aromatic N) is 1. The van der Waals surface area contributed by atoms with Crippen molar-refractivity contribution < 1.29 is 4.79 Å². The Bertz CT molecular complexity index is 636. The first kappa shape index (κ1) is 15.4. The average Bonchev–Trinajstić information content (AvgIpc) is 2.51. The van der Waals surface area contributed by atoms with Gasteiger partial charge in [-0.2, -0.15) is 0 Å². The van der Waals surface area contributed by atoms with Crippen LogP contribution in [0.1, 0.15) is 15.9 Å². The van der Waals surface area contributed by atoms with Gasteiger partial charge in [-0.3, -0.25) is 20.6 Å². The molecule has 0 saturated carbocycles. The van der Waals surface area contributed by atoms with E-state index in [9.17, 15) is 4.79 Å². The Balaban J connectivity index is 1.77. The maximum atomic E-state index is 11.9. The second-order valence-electron chi connectivity index (χ2n) is 4.14. The van der Waals surface area contributed by atoms with Gasteiger partial charge in [0.05, 0.1) is 5.56 Å². The molecule has 108 valence electrons. The van der Waals surface area contributed by atoms with Gasteiger partial charge in [0.25, 0.3) is 5.91 Å². The number of halogens is 1. The third-order valence-electron chi connectivity index (χ3n) is 2.55. The van der Waals surface area contributed by atoms with Crippen molar-refractivity contribution in [1.82, 2.24) is 21.2 Å². The van der Waals surface area contributed by atoms with Gasteiger partial charge in [-0.1, -0.05) is 30.3 Å². The second-order valence-corrected chi connectivity index (χ2v) is 5.46. The Labute approximate surface area is 136 Å². The van der Waals surface area contributed by atoms with E-state index >= 15 is 0 Å². The van der Waals surface area contributed by atoms with E-state index in [1.165, 1.54) is 6.20 Å². The number of amides is 1. The lowest BCUT2D eigenvalue weighted by atomic mass is 10.2. The smallest absolute Gasteiger partial charge is 0.271 e. The molecule has 0 atom stereocenters. The van der Waals surface area contributed by atoms with Crippen molar-refractivity contribution in [2.75, 3.05) is 0 Å². The molecule has 7 heteroatoms. The first-order valence-electron chi connectivity index (χ1n) is 6.14. The minimum absolute atomic E-state index is 0.312. The average molecular weight is 365 g/mol. The Hall–Kier alpha value is -1.99. The summed E-state index contributed by atoms with van der Waals surface area (Å²) < 4.78 is 0.736. The summed E-state index contributed by atoms with van der Waals surface area (Å²) in [5.74, 6) is -0.312. The van der Waals surface area contributed by atoms with Crippen molar-refractivity contribution in [3.8, 4) is 0 Å². The first-order valence-corrected chi connectivity index (χ1v) is 7.34. The van der Waals surface area contributed by atoms with Gasteiger partial charge in [-0.15, -0.1) is 0 Å². The molecule has 5 nitrogen and oxygen atoms in total. The van der Waals surface area contributed by atoms with Gasteiger partial charge in [0.15, 0.2) is 5.11 Å². The highest BCUT2D eigenvalue weighted by Crippen LogP contribution is 2.08. The third-order valence-corrected chi connectivity index (χ3v) is 3.23. The molecule has 2 aromatic rings. The molecule has 0 spiro atoms. The van der Waals surface area contributed by atoms with Crippen LogP contribution in [0.2, 0.25) is 0 Å². The van der Waals surface area contributed by atoms with Crippen LogP contribution in [-0.4, -0.2) is 16.0 Å². The molecule has 0 aliphatic rings. The molecular formula is C14H13BrN4OS. The van der Waals surface area contributed by atoms with E-state index in [-0.39, 0.29) is 5.91 Å². The molecule has 1 heterocycles. The Morgan fingerprint density at radius 1 is 1.19 bits per heavy atom. The fourth-order valence-electron chi connectivity index (χ4n) is 1.54. The van der Waals surface area contributed by atoms with Gasteiger partial charge in [0, 0.05) is 23.4 Å². The number of aromatic nitrogens is 1. The summed E-state index contributed by atoms with van der Waals surface area (Å²) in [7, 11) is 0. The summed E-state index contributed by atoms with van der Waals surface area (Å²) in [5.41, 5.74) is 6.69. The van der Waals surface area contributed by atoms with Crippen LogP contribution in [0.3, 0.4) is 0 Å². The summed E-state index contributed by atoms with van der Waals surface area (Å²) >= 11 is 8.35. The number of thiocarbonyl (C=S) groups is 1. The van der Waals surface area contributed by atoms with E-state index in [1.807, 2.05) is 30.3 Å². The molecular weight excluding hydrogens is 352 g/mol.